The van der Waals surface area contributed by atoms with E-state index in [9.17, 15) is 4.79 Å². The SMILES string of the molecule is COc1ncc(-c2ccc(CCC=O)n2-c2ccc(C#N)cc2C)cn1. The van der Waals surface area contributed by atoms with Crippen molar-refractivity contribution >= 4 is 6.29 Å². The number of nitriles is 1. The van der Waals surface area contributed by atoms with E-state index in [2.05, 4.69) is 20.6 Å². The zero-order chi connectivity index (χ0) is 18.5. The normalized spacial score (nSPS) is 10.3. The number of carbonyl (C=O) groups excluding carboxylic acids is 1. The number of aldehydes is 1. The number of ether oxygens (including phenoxy) is 1. The van der Waals surface area contributed by atoms with Crippen LogP contribution in [0.2, 0.25) is 0 Å². The van der Waals surface area contributed by atoms with Crippen LogP contribution >= 0.6 is 0 Å². The lowest BCUT2D eigenvalue weighted by atomic mass is 10.1. The minimum Gasteiger partial charge on any atom is -0.467 e. The van der Waals surface area contributed by atoms with Crippen LogP contribution in [0.4, 0.5) is 0 Å². The molecule has 2 heterocycles. The van der Waals surface area contributed by atoms with Crippen molar-refractivity contribution in [1.82, 2.24) is 14.5 Å². The fraction of sp³-hybridized carbons (Fsp3) is 0.200. The molecule has 0 unspecified atom stereocenters. The fourth-order valence-electron chi connectivity index (χ4n) is 2.92. The molecule has 0 spiro atoms. The van der Waals surface area contributed by atoms with E-state index in [1.807, 2.05) is 31.2 Å². The summed E-state index contributed by atoms with van der Waals surface area (Å²) in [4.78, 5) is 19.2. The van der Waals surface area contributed by atoms with Crippen LogP contribution in [0, 0.1) is 18.3 Å². The fourth-order valence-corrected chi connectivity index (χ4v) is 2.92. The molecule has 0 atom stereocenters. The van der Waals surface area contributed by atoms with Crippen molar-refractivity contribution in [3.8, 4) is 29.0 Å². The van der Waals surface area contributed by atoms with Crippen LogP contribution in [0.1, 0.15) is 23.2 Å². The van der Waals surface area contributed by atoms with Gasteiger partial charge in [-0.2, -0.15) is 5.26 Å². The number of carbonyl (C=O) groups is 1. The standard InChI is InChI=1S/C20H18N4O2/c1-14-10-15(11-21)5-7-18(14)24-17(4-3-9-25)6-8-19(24)16-12-22-20(26-2)23-13-16/h5-10,12-13H,3-4H2,1-2H3. The highest BCUT2D eigenvalue weighted by atomic mass is 16.5. The molecule has 0 aliphatic rings. The summed E-state index contributed by atoms with van der Waals surface area (Å²) in [5.41, 5.74) is 5.31. The maximum absolute atomic E-state index is 10.8. The lowest BCUT2D eigenvalue weighted by molar-refractivity contribution is -0.107. The van der Waals surface area contributed by atoms with Gasteiger partial charge in [0.1, 0.15) is 6.29 Å². The van der Waals surface area contributed by atoms with Gasteiger partial charge in [0, 0.05) is 35.8 Å². The molecular weight excluding hydrogens is 328 g/mol. The molecular formula is C20H18N4O2. The first-order valence-corrected chi connectivity index (χ1v) is 8.19. The monoisotopic (exact) mass is 346 g/mol. The number of aromatic nitrogens is 3. The number of hydrogen-bond donors (Lipinski definition) is 0. The van der Waals surface area contributed by atoms with E-state index in [0.717, 1.165) is 34.5 Å². The summed E-state index contributed by atoms with van der Waals surface area (Å²) in [5, 5.41) is 9.11. The minimum absolute atomic E-state index is 0.308. The van der Waals surface area contributed by atoms with Crippen molar-refractivity contribution in [2.75, 3.05) is 7.11 Å². The molecule has 26 heavy (non-hydrogen) atoms. The molecule has 130 valence electrons. The topological polar surface area (TPSA) is 80.8 Å². The smallest absolute Gasteiger partial charge is 0.316 e. The van der Waals surface area contributed by atoms with Crippen LogP contribution in [0.25, 0.3) is 16.9 Å². The number of benzene rings is 1. The molecule has 2 aromatic heterocycles. The Balaban J connectivity index is 2.15. The van der Waals surface area contributed by atoms with Gasteiger partial charge in [0.25, 0.3) is 0 Å². The van der Waals surface area contributed by atoms with Crippen LogP contribution in [-0.4, -0.2) is 27.9 Å². The third-order valence-corrected chi connectivity index (χ3v) is 4.15. The molecule has 0 fully saturated rings. The molecule has 0 N–H and O–H groups in total. The average Bonchev–Trinajstić information content (AvgIpc) is 3.09. The summed E-state index contributed by atoms with van der Waals surface area (Å²) in [6.45, 7) is 1.97. The van der Waals surface area contributed by atoms with Crippen molar-refractivity contribution in [3.05, 3.63) is 59.5 Å². The molecule has 0 aliphatic heterocycles. The summed E-state index contributed by atoms with van der Waals surface area (Å²) < 4.78 is 7.11. The summed E-state index contributed by atoms with van der Waals surface area (Å²) in [7, 11) is 1.52. The first kappa shape index (κ1) is 17.4. The maximum Gasteiger partial charge on any atom is 0.316 e. The number of hydrogen-bond acceptors (Lipinski definition) is 5. The highest BCUT2D eigenvalue weighted by Crippen LogP contribution is 2.29. The van der Waals surface area contributed by atoms with Crippen molar-refractivity contribution in [2.45, 2.75) is 19.8 Å². The Morgan fingerprint density at radius 1 is 1.23 bits per heavy atom. The lowest BCUT2D eigenvalue weighted by Gasteiger charge is -2.16. The van der Waals surface area contributed by atoms with Crippen molar-refractivity contribution in [3.63, 3.8) is 0 Å². The summed E-state index contributed by atoms with van der Waals surface area (Å²) in [6, 6.07) is 12.0. The summed E-state index contributed by atoms with van der Waals surface area (Å²) >= 11 is 0. The Morgan fingerprint density at radius 2 is 2.00 bits per heavy atom. The quantitative estimate of drug-likeness (QED) is 0.640. The molecule has 0 bridgehead atoms. The molecule has 0 aliphatic carbocycles. The highest BCUT2D eigenvalue weighted by molar-refractivity contribution is 5.64. The van der Waals surface area contributed by atoms with Crippen LogP contribution in [-0.2, 0) is 11.2 Å². The van der Waals surface area contributed by atoms with Gasteiger partial charge in [-0.05, 0) is 49.2 Å². The van der Waals surface area contributed by atoms with Gasteiger partial charge < -0.3 is 14.1 Å². The number of rotatable bonds is 6. The average molecular weight is 346 g/mol. The van der Waals surface area contributed by atoms with E-state index < -0.39 is 0 Å². The largest absolute Gasteiger partial charge is 0.467 e. The lowest BCUT2D eigenvalue weighted by Crippen LogP contribution is -2.05. The third-order valence-electron chi connectivity index (χ3n) is 4.15. The Labute approximate surface area is 151 Å². The Kier molecular flexibility index (Phi) is 5.09. The zero-order valence-electron chi connectivity index (χ0n) is 14.6. The van der Waals surface area contributed by atoms with E-state index in [0.29, 0.717) is 24.4 Å². The van der Waals surface area contributed by atoms with Crippen LogP contribution in [0.5, 0.6) is 6.01 Å². The van der Waals surface area contributed by atoms with E-state index in [-0.39, 0.29) is 0 Å². The van der Waals surface area contributed by atoms with E-state index >= 15 is 0 Å². The molecule has 0 saturated heterocycles. The van der Waals surface area contributed by atoms with Crippen molar-refractivity contribution in [2.24, 2.45) is 0 Å². The van der Waals surface area contributed by atoms with Gasteiger partial charge in [0.2, 0.25) is 0 Å². The van der Waals surface area contributed by atoms with Crippen LogP contribution in [0.3, 0.4) is 0 Å². The van der Waals surface area contributed by atoms with Gasteiger partial charge in [-0.25, -0.2) is 9.97 Å². The first-order valence-electron chi connectivity index (χ1n) is 8.19. The van der Waals surface area contributed by atoms with Crippen LogP contribution in [0.15, 0.2) is 42.7 Å². The van der Waals surface area contributed by atoms with Gasteiger partial charge in [-0.15, -0.1) is 0 Å². The zero-order valence-corrected chi connectivity index (χ0v) is 14.6. The van der Waals surface area contributed by atoms with Gasteiger partial charge in [0.05, 0.1) is 24.4 Å². The van der Waals surface area contributed by atoms with E-state index in [1.165, 1.54) is 7.11 Å². The predicted molar refractivity (Wildman–Crippen MR) is 97.2 cm³/mol. The third kappa shape index (κ3) is 3.33. The molecule has 3 aromatic rings. The molecule has 3 rings (SSSR count). The molecule has 0 saturated carbocycles. The van der Waals surface area contributed by atoms with Gasteiger partial charge in [0.15, 0.2) is 0 Å². The van der Waals surface area contributed by atoms with Gasteiger partial charge >= 0.3 is 6.01 Å². The summed E-state index contributed by atoms with van der Waals surface area (Å²) in [6.07, 6.45) is 5.40. The molecule has 0 radical (unpaired) electrons. The van der Waals surface area contributed by atoms with Crippen molar-refractivity contribution < 1.29 is 9.53 Å². The Bertz CT molecular complexity index is 968. The van der Waals surface area contributed by atoms with Crippen LogP contribution < -0.4 is 4.74 Å². The Hall–Kier alpha value is -3.46. The summed E-state index contributed by atoms with van der Waals surface area (Å²) in [5.74, 6) is 0. The number of aryl methyl sites for hydroxylation is 2. The molecule has 6 nitrogen and oxygen atoms in total. The molecule has 6 heteroatoms. The first-order chi connectivity index (χ1) is 12.7. The van der Waals surface area contributed by atoms with E-state index in [1.54, 1.807) is 18.5 Å². The second kappa shape index (κ2) is 7.62. The number of nitrogens with zero attached hydrogens (tertiary/aromatic N) is 4. The minimum atomic E-state index is 0.308. The van der Waals surface area contributed by atoms with Gasteiger partial charge in [-0.1, -0.05) is 0 Å². The number of methoxy groups -OCH3 is 1. The van der Waals surface area contributed by atoms with Crippen molar-refractivity contribution in [1.29, 1.82) is 5.26 Å². The second-order valence-electron chi connectivity index (χ2n) is 5.82. The highest BCUT2D eigenvalue weighted by Gasteiger charge is 2.15. The van der Waals surface area contributed by atoms with Gasteiger partial charge in [-0.3, -0.25) is 0 Å². The maximum atomic E-state index is 10.8. The molecule has 1 aromatic carbocycles. The Morgan fingerprint density at radius 3 is 2.62 bits per heavy atom. The second-order valence-corrected chi connectivity index (χ2v) is 5.82. The molecule has 0 amide bonds. The van der Waals surface area contributed by atoms with E-state index in [4.69, 9.17) is 10.00 Å². The predicted octanol–water partition coefficient (Wildman–Crippen LogP) is 3.25.